The van der Waals surface area contributed by atoms with Gasteiger partial charge in [0.2, 0.25) is 11.8 Å². The van der Waals surface area contributed by atoms with Crippen LogP contribution in [0.4, 0.5) is 10.1 Å². The number of carbonyl (C=O) groups excluding carboxylic acids is 2. The number of nitrogens with zero attached hydrogens (tertiary/aromatic N) is 1. The summed E-state index contributed by atoms with van der Waals surface area (Å²) in [6.45, 7) is -0.673. The van der Waals surface area contributed by atoms with Crippen molar-refractivity contribution in [3.63, 3.8) is 0 Å². The maximum Gasteiger partial charge on any atom is 0.264 e. The molecule has 7 nitrogen and oxygen atoms in total. The Bertz CT molecular complexity index is 1290. The molecule has 178 valence electrons. The number of nitrogens with one attached hydrogen (secondary N) is 1. The van der Waals surface area contributed by atoms with Crippen LogP contribution in [0.5, 0.6) is 0 Å². The van der Waals surface area contributed by atoms with E-state index in [9.17, 15) is 22.4 Å². The van der Waals surface area contributed by atoms with Gasteiger partial charge in [0.1, 0.15) is 18.4 Å². The maximum absolute atomic E-state index is 13.4. The smallest absolute Gasteiger partial charge is 0.264 e. The highest BCUT2D eigenvalue weighted by Gasteiger charge is 2.28. The van der Waals surface area contributed by atoms with Crippen molar-refractivity contribution >= 4 is 50.7 Å². The van der Waals surface area contributed by atoms with E-state index >= 15 is 0 Å². The largest absolute Gasteiger partial charge is 0.368 e. The van der Waals surface area contributed by atoms with Crippen LogP contribution in [0.25, 0.3) is 0 Å². The molecule has 11 heteroatoms. The minimum absolute atomic E-state index is 0.0138. The third-order valence-electron chi connectivity index (χ3n) is 4.84. The average molecular weight is 524 g/mol. The second-order valence-corrected chi connectivity index (χ2v) is 9.95. The zero-order valence-electron chi connectivity index (χ0n) is 17.6. The second kappa shape index (κ2) is 10.9. The van der Waals surface area contributed by atoms with Crippen molar-refractivity contribution < 1.29 is 22.4 Å². The average Bonchev–Trinajstić information content (AvgIpc) is 2.80. The van der Waals surface area contributed by atoms with Crippen LogP contribution in [0.15, 0.2) is 77.7 Å². The van der Waals surface area contributed by atoms with Crippen LogP contribution in [0, 0.1) is 5.82 Å². The molecule has 34 heavy (non-hydrogen) atoms. The Balaban J connectivity index is 1.86. The van der Waals surface area contributed by atoms with Crippen LogP contribution in [-0.4, -0.2) is 32.8 Å². The SMILES string of the molecule is NC(=O)C(Cc1ccc(Cl)c(Cl)c1)NC(=O)CN(c1ccc(F)cc1)S(=O)(=O)c1ccccc1. The molecule has 0 aliphatic carbocycles. The number of halogens is 3. The van der Waals surface area contributed by atoms with E-state index < -0.39 is 40.2 Å². The first-order valence-electron chi connectivity index (χ1n) is 9.94. The topological polar surface area (TPSA) is 110 Å². The van der Waals surface area contributed by atoms with Crippen molar-refractivity contribution in [2.75, 3.05) is 10.8 Å². The van der Waals surface area contributed by atoms with E-state index in [1.807, 2.05) is 0 Å². The van der Waals surface area contributed by atoms with E-state index in [1.54, 1.807) is 18.2 Å². The van der Waals surface area contributed by atoms with E-state index in [2.05, 4.69) is 5.32 Å². The van der Waals surface area contributed by atoms with Crippen molar-refractivity contribution in [1.29, 1.82) is 0 Å². The highest BCUT2D eigenvalue weighted by atomic mass is 35.5. The maximum atomic E-state index is 13.4. The molecule has 1 unspecified atom stereocenters. The summed E-state index contributed by atoms with van der Waals surface area (Å²) in [5, 5.41) is 3.06. The number of hydrogen-bond acceptors (Lipinski definition) is 4. The molecule has 0 bridgehead atoms. The second-order valence-electron chi connectivity index (χ2n) is 7.28. The van der Waals surface area contributed by atoms with Crippen LogP contribution in [0.1, 0.15) is 5.56 Å². The van der Waals surface area contributed by atoms with Gasteiger partial charge in [-0.05, 0) is 54.1 Å². The van der Waals surface area contributed by atoms with Crippen molar-refractivity contribution in [3.05, 3.63) is 94.2 Å². The van der Waals surface area contributed by atoms with Gasteiger partial charge in [0.05, 0.1) is 20.6 Å². The minimum atomic E-state index is -4.19. The van der Waals surface area contributed by atoms with E-state index in [0.29, 0.717) is 10.6 Å². The first kappa shape index (κ1) is 25.5. The number of sulfonamides is 1. The Labute approximate surface area is 206 Å². The molecule has 0 fully saturated rings. The predicted octanol–water partition coefficient (Wildman–Crippen LogP) is 3.54. The molecule has 0 aliphatic heterocycles. The fourth-order valence-electron chi connectivity index (χ4n) is 3.14. The molecular formula is C23H20Cl2FN3O4S. The lowest BCUT2D eigenvalue weighted by Gasteiger charge is -2.25. The van der Waals surface area contributed by atoms with Crippen LogP contribution < -0.4 is 15.4 Å². The van der Waals surface area contributed by atoms with E-state index in [0.717, 1.165) is 16.4 Å². The monoisotopic (exact) mass is 523 g/mol. The summed E-state index contributed by atoms with van der Waals surface area (Å²) >= 11 is 11.9. The van der Waals surface area contributed by atoms with Crippen molar-refractivity contribution in [3.8, 4) is 0 Å². The molecule has 0 saturated heterocycles. The number of anilines is 1. The Morgan fingerprint density at radius 1 is 0.971 bits per heavy atom. The van der Waals surface area contributed by atoms with Gasteiger partial charge in [-0.2, -0.15) is 0 Å². The van der Waals surface area contributed by atoms with E-state index in [1.165, 1.54) is 42.5 Å². The third-order valence-corrected chi connectivity index (χ3v) is 7.36. The van der Waals surface area contributed by atoms with Crippen LogP contribution in [-0.2, 0) is 26.0 Å². The molecule has 0 aromatic heterocycles. The van der Waals surface area contributed by atoms with Gasteiger partial charge in [-0.15, -0.1) is 0 Å². The standard InChI is InChI=1S/C23H20Cl2FN3O4S/c24-19-11-6-15(12-20(19)25)13-21(23(27)31)28-22(30)14-29(17-9-7-16(26)8-10-17)34(32,33)18-4-2-1-3-5-18/h1-12,21H,13-14H2,(H2,27,31)(H,28,30). The molecule has 0 heterocycles. The minimum Gasteiger partial charge on any atom is -0.368 e. The molecular weight excluding hydrogens is 504 g/mol. The Kier molecular flexibility index (Phi) is 8.14. The van der Waals surface area contributed by atoms with Gasteiger partial charge in [0.15, 0.2) is 0 Å². The molecule has 0 saturated carbocycles. The molecule has 1 atom stereocenters. The third kappa shape index (κ3) is 6.25. The molecule has 3 N–H and O–H groups in total. The van der Waals surface area contributed by atoms with Crippen LogP contribution in [0.3, 0.4) is 0 Å². The molecule has 3 aromatic rings. The Hall–Kier alpha value is -3.14. The van der Waals surface area contributed by atoms with Crippen molar-refractivity contribution in [2.45, 2.75) is 17.4 Å². The number of carbonyl (C=O) groups is 2. The van der Waals surface area contributed by atoms with E-state index in [4.69, 9.17) is 28.9 Å². The summed E-state index contributed by atoms with van der Waals surface area (Å²) in [4.78, 5) is 24.8. The van der Waals surface area contributed by atoms with Crippen molar-refractivity contribution in [1.82, 2.24) is 5.32 Å². The molecule has 2 amide bonds. The fraction of sp³-hybridized carbons (Fsp3) is 0.130. The van der Waals surface area contributed by atoms with Crippen molar-refractivity contribution in [2.24, 2.45) is 5.73 Å². The first-order valence-corrected chi connectivity index (χ1v) is 12.1. The number of amides is 2. The molecule has 3 rings (SSSR count). The zero-order valence-corrected chi connectivity index (χ0v) is 19.9. The Morgan fingerprint density at radius 3 is 2.21 bits per heavy atom. The van der Waals surface area contributed by atoms with Gasteiger partial charge >= 0.3 is 0 Å². The number of benzene rings is 3. The fourth-order valence-corrected chi connectivity index (χ4v) is 4.90. The highest BCUT2D eigenvalue weighted by molar-refractivity contribution is 7.92. The normalized spacial score (nSPS) is 12.1. The Morgan fingerprint density at radius 2 is 1.62 bits per heavy atom. The summed E-state index contributed by atoms with van der Waals surface area (Å²) in [6.07, 6.45) is 0.0138. The lowest BCUT2D eigenvalue weighted by Crippen LogP contribution is -2.50. The van der Waals surface area contributed by atoms with Gasteiger partial charge in [0.25, 0.3) is 10.0 Å². The first-order chi connectivity index (χ1) is 16.1. The van der Waals surface area contributed by atoms with Gasteiger partial charge in [-0.25, -0.2) is 12.8 Å². The highest BCUT2D eigenvalue weighted by Crippen LogP contribution is 2.25. The number of nitrogens with two attached hydrogens (primary N) is 1. The summed E-state index contributed by atoms with van der Waals surface area (Å²) in [5.41, 5.74) is 6.11. The summed E-state index contributed by atoms with van der Waals surface area (Å²) < 4.78 is 40.8. The molecule has 0 spiro atoms. The van der Waals surface area contributed by atoms with Gasteiger partial charge in [-0.1, -0.05) is 47.5 Å². The predicted molar refractivity (Wildman–Crippen MR) is 129 cm³/mol. The van der Waals surface area contributed by atoms with Gasteiger partial charge in [0, 0.05) is 6.42 Å². The molecule has 0 aliphatic rings. The zero-order chi connectivity index (χ0) is 24.9. The molecule has 3 aromatic carbocycles. The molecule has 0 radical (unpaired) electrons. The summed E-state index contributed by atoms with van der Waals surface area (Å²) in [7, 11) is -4.19. The quantitative estimate of drug-likeness (QED) is 0.446. The summed E-state index contributed by atoms with van der Waals surface area (Å²) in [6, 6.07) is 15.7. The number of hydrogen-bond donors (Lipinski definition) is 2. The number of primary amides is 1. The lowest BCUT2D eigenvalue weighted by atomic mass is 10.1. The van der Waals surface area contributed by atoms with Crippen LogP contribution >= 0.6 is 23.2 Å². The van der Waals surface area contributed by atoms with Crippen LogP contribution in [0.2, 0.25) is 10.0 Å². The number of rotatable bonds is 9. The van der Waals surface area contributed by atoms with Gasteiger partial charge < -0.3 is 11.1 Å². The summed E-state index contributed by atoms with van der Waals surface area (Å²) in [5.74, 6) is -2.17. The lowest BCUT2D eigenvalue weighted by molar-refractivity contribution is -0.126. The van der Waals surface area contributed by atoms with E-state index in [-0.39, 0.29) is 22.0 Å². The van der Waals surface area contributed by atoms with Gasteiger partial charge in [-0.3, -0.25) is 13.9 Å².